The molecule has 2 heteroatoms. The van der Waals surface area contributed by atoms with Crippen LogP contribution in [0.1, 0.15) is 18.1 Å². The fourth-order valence-corrected chi connectivity index (χ4v) is 2.02. The van der Waals surface area contributed by atoms with Crippen LogP contribution >= 0.6 is 0 Å². The Morgan fingerprint density at radius 2 is 1.63 bits per heavy atom. The van der Waals surface area contributed by atoms with E-state index in [1.165, 1.54) is 11.1 Å². The molecule has 0 aromatic heterocycles. The first-order chi connectivity index (χ1) is 9.24. The maximum Gasteiger partial charge on any atom is 0.119 e. The van der Waals surface area contributed by atoms with Crippen molar-refractivity contribution in [2.75, 3.05) is 6.61 Å². The second-order valence-corrected chi connectivity index (χ2v) is 4.91. The van der Waals surface area contributed by atoms with Crippen LogP contribution in [-0.2, 0) is 12.8 Å². The summed E-state index contributed by atoms with van der Waals surface area (Å²) in [5.41, 5.74) is 8.33. The lowest BCUT2D eigenvalue weighted by Crippen LogP contribution is -2.17. The van der Waals surface area contributed by atoms with Gasteiger partial charge in [0, 0.05) is 12.5 Å². The smallest absolute Gasteiger partial charge is 0.119 e. The molecule has 1 unspecified atom stereocenters. The van der Waals surface area contributed by atoms with Gasteiger partial charge in [0.25, 0.3) is 0 Å². The Hall–Kier alpha value is -1.80. The van der Waals surface area contributed by atoms with E-state index in [4.69, 9.17) is 10.5 Å². The van der Waals surface area contributed by atoms with Crippen molar-refractivity contribution in [1.82, 2.24) is 0 Å². The molecule has 0 saturated carbocycles. The monoisotopic (exact) mass is 255 g/mol. The highest BCUT2D eigenvalue weighted by Gasteiger charge is 1.99. The molecule has 0 aliphatic heterocycles. The highest BCUT2D eigenvalue weighted by atomic mass is 16.5. The quantitative estimate of drug-likeness (QED) is 0.860. The van der Waals surface area contributed by atoms with E-state index >= 15 is 0 Å². The van der Waals surface area contributed by atoms with Crippen LogP contribution in [0, 0.1) is 0 Å². The Labute approximate surface area is 115 Å². The minimum Gasteiger partial charge on any atom is -0.493 e. The lowest BCUT2D eigenvalue weighted by atomic mass is 10.1. The molecule has 0 spiro atoms. The largest absolute Gasteiger partial charge is 0.493 e. The minimum absolute atomic E-state index is 0.199. The summed E-state index contributed by atoms with van der Waals surface area (Å²) in [6.45, 7) is 2.72. The Kier molecular flexibility index (Phi) is 4.99. The van der Waals surface area contributed by atoms with Crippen LogP contribution in [0.25, 0.3) is 0 Å². The average molecular weight is 255 g/mol. The van der Waals surface area contributed by atoms with Crippen molar-refractivity contribution in [1.29, 1.82) is 0 Å². The Morgan fingerprint density at radius 1 is 0.947 bits per heavy atom. The number of hydrogen-bond donors (Lipinski definition) is 1. The van der Waals surface area contributed by atoms with Gasteiger partial charge < -0.3 is 10.5 Å². The molecule has 0 bridgehead atoms. The van der Waals surface area contributed by atoms with Gasteiger partial charge in [-0.15, -0.1) is 0 Å². The summed E-state index contributed by atoms with van der Waals surface area (Å²) in [5, 5.41) is 0. The highest BCUT2D eigenvalue weighted by Crippen LogP contribution is 2.13. The van der Waals surface area contributed by atoms with E-state index in [9.17, 15) is 0 Å². The molecule has 1 atom stereocenters. The number of benzene rings is 2. The summed E-state index contributed by atoms with van der Waals surface area (Å²) in [6, 6.07) is 18.8. The molecule has 0 saturated heterocycles. The Morgan fingerprint density at radius 3 is 2.26 bits per heavy atom. The molecule has 0 aliphatic rings. The molecule has 2 N–H and O–H groups in total. The van der Waals surface area contributed by atoms with E-state index in [-0.39, 0.29) is 6.04 Å². The standard InChI is InChI=1S/C17H21NO/c1-14(18)13-16-7-9-17(10-8-16)19-12-11-15-5-3-2-4-6-15/h2-10,14H,11-13,18H2,1H3. The van der Waals surface area contributed by atoms with Gasteiger partial charge in [-0.2, -0.15) is 0 Å². The molecule has 19 heavy (non-hydrogen) atoms. The topological polar surface area (TPSA) is 35.2 Å². The maximum absolute atomic E-state index is 5.78. The van der Waals surface area contributed by atoms with Gasteiger partial charge in [0.1, 0.15) is 5.75 Å². The van der Waals surface area contributed by atoms with Gasteiger partial charge in [-0.25, -0.2) is 0 Å². The Bertz CT molecular complexity index is 476. The van der Waals surface area contributed by atoms with Gasteiger partial charge in [0.05, 0.1) is 6.61 Å². The summed E-state index contributed by atoms with van der Waals surface area (Å²) in [4.78, 5) is 0. The minimum atomic E-state index is 0.199. The predicted octanol–water partition coefficient (Wildman–Crippen LogP) is 3.20. The van der Waals surface area contributed by atoms with Gasteiger partial charge in [0.2, 0.25) is 0 Å². The van der Waals surface area contributed by atoms with Crippen LogP contribution < -0.4 is 10.5 Å². The van der Waals surface area contributed by atoms with Crippen molar-refractivity contribution < 1.29 is 4.74 Å². The van der Waals surface area contributed by atoms with E-state index in [1.807, 2.05) is 25.1 Å². The van der Waals surface area contributed by atoms with Crippen LogP contribution in [0.2, 0.25) is 0 Å². The zero-order valence-electron chi connectivity index (χ0n) is 11.4. The third kappa shape index (κ3) is 4.76. The second-order valence-electron chi connectivity index (χ2n) is 4.91. The van der Waals surface area contributed by atoms with E-state index in [0.717, 1.165) is 18.6 Å². The van der Waals surface area contributed by atoms with E-state index < -0.39 is 0 Å². The first-order valence-corrected chi connectivity index (χ1v) is 6.75. The molecule has 2 rings (SSSR count). The Balaban J connectivity index is 1.80. The van der Waals surface area contributed by atoms with Crippen LogP contribution in [0.5, 0.6) is 5.75 Å². The maximum atomic E-state index is 5.78. The number of rotatable bonds is 6. The van der Waals surface area contributed by atoms with Crippen LogP contribution in [0.15, 0.2) is 54.6 Å². The summed E-state index contributed by atoms with van der Waals surface area (Å²) < 4.78 is 5.74. The molecule has 0 heterocycles. The van der Waals surface area contributed by atoms with Crippen LogP contribution in [0.4, 0.5) is 0 Å². The van der Waals surface area contributed by atoms with E-state index in [1.54, 1.807) is 0 Å². The van der Waals surface area contributed by atoms with Crippen molar-refractivity contribution in [3.8, 4) is 5.75 Å². The van der Waals surface area contributed by atoms with Crippen molar-refractivity contribution in [2.45, 2.75) is 25.8 Å². The number of nitrogens with two attached hydrogens (primary N) is 1. The SMILES string of the molecule is CC(N)Cc1ccc(OCCc2ccccc2)cc1. The first kappa shape index (κ1) is 13.6. The molecule has 100 valence electrons. The van der Waals surface area contributed by atoms with E-state index in [2.05, 4.69) is 36.4 Å². The van der Waals surface area contributed by atoms with Gasteiger partial charge >= 0.3 is 0 Å². The average Bonchev–Trinajstić information content (AvgIpc) is 2.41. The highest BCUT2D eigenvalue weighted by molar-refractivity contribution is 5.27. The normalized spacial score (nSPS) is 12.1. The first-order valence-electron chi connectivity index (χ1n) is 6.75. The molecular formula is C17H21NO. The molecule has 2 aromatic carbocycles. The van der Waals surface area contributed by atoms with Crippen molar-refractivity contribution >= 4 is 0 Å². The molecule has 2 aromatic rings. The summed E-state index contributed by atoms with van der Waals surface area (Å²) in [5.74, 6) is 0.921. The van der Waals surface area contributed by atoms with Crippen LogP contribution in [-0.4, -0.2) is 12.6 Å². The second kappa shape index (κ2) is 6.95. The van der Waals surface area contributed by atoms with Gasteiger partial charge in [-0.05, 0) is 36.6 Å². The third-order valence-electron chi connectivity index (χ3n) is 2.98. The summed E-state index contributed by atoms with van der Waals surface area (Å²) in [7, 11) is 0. The summed E-state index contributed by atoms with van der Waals surface area (Å²) >= 11 is 0. The van der Waals surface area contributed by atoms with Crippen molar-refractivity contribution in [3.05, 3.63) is 65.7 Å². The predicted molar refractivity (Wildman–Crippen MR) is 79.4 cm³/mol. The van der Waals surface area contributed by atoms with Gasteiger partial charge in [-0.3, -0.25) is 0 Å². The van der Waals surface area contributed by atoms with E-state index in [0.29, 0.717) is 6.61 Å². The van der Waals surface area contributed by atoms with Crippen LogP contribution in [0.3, 0.4) is 0 Å². The fraction of sp³-hybridized carbons (Fsp3) is 0.294. The third-order valence-corrected chi connectivity index (χ3v) is 2.98. The lowest BCUT2D eigenvalue weighted by Gasteiger charge is -2.08. The molecule has 2 nitrogen and oxygen atoms in total. The fourth-order valence-electron chi connectivity index (χ4n) is 2.02. The lowest BCUT2D eigenvalue weighted by molar-refractivity contribution is 0.322. The zero-order chi connectivity index (χ0) is 13.5. The molecule has 0 amide bonds. The zero-order valence-corrected chi connectivity index (χ0v) is 11.4. The number of ether oxygens (including phenoxy) is 1. The molecular weight excluding hydrogens is 234 g/mol. The molecule has 0 radical (unpaired) electrons. The number of hydrogen-bond acceptors (Lipinski definition) is 2. The summed E-state index contributed by atoms with van der Waals surface area (Å²) in [6.07, 6.45) is 1.84. The van der Waals surface area contributed by atoms with Crippen molar-refractivity contribution in [3.63, 3.8) is 0 Å². The van der Waals surface area contributed by atoms with Gasteiger partial charge in [0.15, 0.2) is 0 Å². The van der Waals surface area contributed by atoms with Gasteiger partial charge in [-0.1, -0.05) is 42.5 Å². The molecule has 0 aliphatic carbocycles. The molecule has 0 fully saturated rings. The van der Waals surface area contributed by atoms with Crippen molar-refractivity contribution in [2.24, 2.45) is 5.73 Å².